The second-order valence-corrected chi connectivity index (χ2v) is 6.59. The van der Waals surface area contributed by atoms with Gasteiger partial charge in [0.1, 0.15) is 0 Å². The largest absolute Gasteiger partial charge is 0.357 e. The van der Waals surface area contributed by atoms with Crippen molar-refractivity contribution in [2.24, 2.45) is 0 Å². The highest BCUT2D eigenvalue weighted by molar-refractivity contribution is 5.85. The molecule has 2 aromatic rings. The van der Waals surface area contributed by atoms with E-state index in [-0.39, 0.29) is 0 Å². The van der Waals surface area contributed by atoms with Crippen molar-refractivity contribution >= 4 is 10.9 Å². The minimum Gasteiger partial charge on any atom is -0.357 e. The average molecular weight is 267 g/mol. The van der Waals surface area contributed by atoms with E-state index in [2.05, 4.69) is 39.0 Å². The number of aromatic amines is 1. The van der Waals surface area contributed by atoms with E-state index in [9.17, 15) is 0 Å². The molecule has 0 saturated carbocycles. The molecule has 0 bridgehead atoms. The van der Waals surface area contributed by atoms with Gasteiger partial charge in [0.25, 0.3) is 0 Å². The molecule has 3 nitrogen and oxygen atoms in total. The molecule has 0 amide bonds. The number of para-hydroxylation sites is 1. The third-order valence-electron chi connectivity index (χ3n) is 5.58. The summed E-state index contributed by atoms with van der Waals surface area (Å²) in [5, 5.41) is 1.46. The summed E-state index contributed by atoms with van der Waals surface area (Å²) in [5.41, 5.74) is 4.44. The van der Waals surface area contributed by atoms with Gasteiger partial charge in [-0.05, 0) is 37.4 Å². The summed E-state index contributed by atoms with van der Waals surface area (Å²) in [6, 6.07) is 10.2. The molecule has 104 valence electrons. The highest BCUT2D eigenvalue weighted by atomic mass is 15.4. The van der Waals surface area contributed by atoms with Gasteiger partial charge in [-0.1, -0.05) is 24.6 Å². The Kier molecular flexibility index (Phi) is 2.32. The van der Waals surface area contributed by atoms with Gasteiger partial charge in [0.05, 0.1) is 12.7 Å². The van der Waals surface area contributed by atoms with Gasteiger partial charge in [0, 0.05) is 29.2 Å². The van der Waals surface area contributed by atoms with E-state index in [1.165, 1.54) is 62.0 Å². The van der Waals surface area contributed by atoms with Crippen molar-refractivity contribution < 1.29 is 0 Å². The maximum Gasteiger partial charge on any atom is 0.0669 e. The van der Waals surface area contributed by atoms with E-state index in [1.807, 2.05) is 0 Å². The first-order valence-electron chi connectivity index (χ1n) is 7.99. The van der Waals surface area contributed by atoms with Crippen molar-refractivity contribution in [2.45, 2.75) is 37.8 Å². The SMILES string of the molecule is c1ccc2c3c([nH]c2c1)[C@H]1C2CCCCN2CN1CC3. The lowest BCUT2D eigenvalue weighted by Crippen LogP contribution is -2.37. The number of benzene rings is 1. The van der Waals surface area contributed by atoms with Crippen LogP contribution in [0.15, 0.2) is 24.3 Å². The molecule has 1 aromatic carbocycles. The summed E-state index contributed by atoms with van der Waals surface area (Å²) >= 11 is 0. The van der Waals surface area contributed by atoms with Crippen LogP contribution in [-0.4, -0.2) is 40.6 Å². The molecule has 3 aliphatic rings. The molecule has 2 atom stereocenters. The molecule has 5 rings (SSSR count). The molecule has 1 unspecified atom stereocenters. The predicted molar refractivity (Wildman–Crippen MR) is 80.7 cm³/mol. The van der Waals surface area contributed by atoms with Crippen LogP contribution in [0.25, 0.3) is 10.9 Å². The smallest absolute Gasteiger partial charge is 0.0669 e. The first kappa shape index (κ1) is 11.4. The quantitative estimate of drug-likeness (QED) is 0.793. The summed E-state index contributed by atoms with van der Waals surface area (Å²) in [6.07, 6.45) is 5.37. The molecule has 1 aromatic heterocycles. The van der Waals surface area contributed by atoms with Gasteiger partial charge in [0.2, 0.25) is 0 Å². The third kappa shape index (κ3) is 1.42. The number of piperidine rings is 1. The van der Waals surface area contributed by atoms with Crippen molar-refractivity contribution in [2.75, 3.05) is 19.8 Å². The summed E-state index contributed by atoms with van der Waals surface area (Å²) in [4.78, 5) is 9.17. The lowest BCUT2D eigenvalue weighted by molar-refractivity contribution is 0.185. The van der Waals surface area contributed by atoms with Crippen LogP contribution in [-0.2, 0) is 6.42 Å². The van der Waals surface area contributed by atoms with Gasteiger partial charge < -0.3 is 4.98 Å². The van der Waals surface area contributed by atoms with E-state index in [0.717, 1.165) is 6.04 Å². The van der Waals surface area contributed by atoms with Crippen molar-refractivity contribution in [1.29, 1.82) is 0 Å². The molecule has 1 N–H and O–H groups in total. The van der Waals surface area contributed by atoms with E-state index in [0.29, 0.717) is 6.04 Å². The number of nitrogens with one attached hydrogen (secondary N) is 1. The second-order valence-electron chi connectivity index (χ2n) is 6.59. The molecule has 20 heavy (non-hydrogen) atoms. The first-order chi connectivity index (χ1) is 9.92. The fourth-order valence-electron chi connectivity index (χ4n) is 4.70. The monoisotopic (exact) mass is 267 g/mol. The lowest BCUT2D eigenvalue weighted by Gasteiger charge is -2.34. The molecular weight excluding hydrogens is 246 g/mol. The van der Waals surface area contributed by atoms with E-state index < -0.39 is 0 Å². The zero-order valence-electron chi connectivity index (χ0n) is 11.8. The number of hydrogen-bond acceptors (Lipinski definition) is 2. The van der Waals surface area contributed by atoms with Crippen molar-refractivity contribution in [1.82, 2.24) is 14.8 Å². The molecule has 0 radical (unpaired) electrons. The summed E-state index contributed by atoms with van der Waals surface area (Å²) in [7, 11) is 0. The van der Waals surface area contributed by atoms with Crippen LogP contribution in [0.3, 0.4) is 0 Å². The van der Waals surface area contributed by atoms with E-state index in [4.69, 9.17) is 0 Å². The Bertz CT molecular complexity index is 659. The highest BCUT2D eigenvalue weighted by Crippen LogP contribution is 2.43. The van der Waals surface area contributed by atoms with E-state index in [1.54, 1.807) is 5.56 Å². The van der Waals surface area contributed by atoms with Gasteiger partial charge in [-0.25, -0.2) is 0 Å². The van der Waals surface area contributed by atoms with Gasteiger partial charge >= 0.3 is 0 Å². The summed E-state index contributed by atoms with van der Waals surface area (Å²) < 4.78 is 0. The fraction of sp³-hybridized carbons (Fsp3) is 0.529. The van der Waals surface area contributed by atoms with Gasteiger partial charge in [0.15, 0.2) is 0 Å². The number of fused-ring (bicyclic) bond motifs is 7. The topological polar surface area (TPSA) is 22.3 Å². The van der Waals surface area contributed by atoms with Crippen LogP contribution in [0.1, 0.15) is 36.6 Å². The third-order valence-corrected chi connectivity index (χ3v) is 5.58. The standard InChI is InChI=1S/C17H21N3/c1-2-6-14-12(5-1)13-8-10-20-11-19-9-4-3-7-15(19)17(20)16(13)18-14/h1-2,5-6,15,17-18H,3-4,7-11H2/t15?,17-/m1/s1. The molecule has 3 heteroatoms. The van der Waals surface area contributed by atoms with E-state index >= 15 is 0 Å². The van der Waals surface area contributed by atoms with Gasteiger partial charge in [-0.2, -0.15) is 0 Å². The Morgan fingerprint density at radius 2 is 2.00 bits per heavy atom. The first-order valence-corrected chi connectivity index (χ1v) is 7.99. The van der Waals surface area contributed by atoms with Crippen LogP contribution in [0.5, 0.6) is 0 Å². The zero-order valence-corrected chi connectivity index (χ0v) is 11.8. The van der Waals surface area contributed by atoms with Crippen LogP contribution < -0.4 is 0 Å². The number of hydrogen-bond donors (Lipinski definition) is 1. The molecular formula is C17H21N3. The normalized spacial score (nSPS) is 30.2. The molecule has 0 spiro atoms. The molecule has 0 aliphatic carbocycles. The second kappa shape index (κ2) is 4.09. The number of H-pyrrole nitrogens is 1. The highest BCUT2D eigenvalue weighted by Gasteiger charge is 2.45. The van der Waals surface area contributed by atoms with Crippen molar-refractivity contribution in [3.63, 3.8) is 0 Å². The van der Waals surface area contributed by atoms with Crippen LogP contribution in [0, 0.1) is 0 Å². The van der Waals surface area contributed by atoms with Crippen LogP contribution >= 0.6 is 0 Å². The average Bonchev–Trinajstić information content (AvgIpc) is 3.04. The van der Waals surface area contributed by atoms with Gasteiger partial charge in [-0.15, -0.1) is 0 Å². The minimum atomic E-state index is 0.617. The van der Waals surface area contributed by atoms with Crippen LogP contribution in [0.4, 0.5) is 0 Å². The summed E-state index contributed by atoms with van der Waals surface area (Å²) in [6.45, 7) is 3.71. The zero-order chi connectivity index (χ0) is 13.1. The Morgan fingerprint density at radius 3 is 3.00 bits per heavy atom. The maximum atomic E-state index is 3.75. The fourth-order valence-corrected chi connectivity index (χ4v) is 4.70. The predicted octanol–water partition coefficient (Wildman–Crippen LogP) is 2.89. The number of rotatable bonds is 0. The lowest BCUT2D eigenvalue weighted by atomic mass is 9.90. The molecule has 2 saturated heterocycles. The molecule has 4 heterocycles. The van der Waals surface area contributed by atoms with Crippen LogP contribution in [0.2, 0.25) is 0 Å². The Hall–Kier alpha value is -1.32. The van der Waals surface area contributed by atoms with Gasteiger partial charge in [-0.3, -0.25) is 9.80 Å². The number of nitrogens with zero attached hydrogens (tertiary/aromatic N) is 2. The minimum absolute atomic E-state index is 0.617. The summed E-state index contributed by atoms with van der Waals surface area (Å²) in [5.74, 6) is 0. The van der Waals surface area contributed by atoms with Crippen molar-refractivity contribution in [3.05, 3.63) is 35.5 Å². The Balaban J connectivity index is 1.66. The number of aromatic nitrogens is 1. The maximum absolute atomic E-state index is 3.75. The van der Waals surface area contributed by atoms with Crippen molar-refractivity contribution in [3.8, 4) is 0 Å². The molecule has 3 aliphatic heterocycles. The Morgan fingerprint density at radius 1 is 1.05 bits per heavy atom. The Labute approximate surface area is 119 Å². The molecule has 2 fully saturated rings.